The molecule has 1 unspecified atom stereocenters. The summed E-state index contributed by atoms with van der Waals surface area (Å²) in [6, 6.07) is 4.80. The molecule has 0 spiro atoms. The van der Waals surface area contributed by atoms with Gasteiger partial charge in [-0.05, 0) is 44.6 Å². The van der Waals surface area contributed by atoms with Crippen molar-refractivity contribution in [1.29, 1.82) is 0 Å². The minimum Gasteiger partial charge on any atom is -0.369 e. The second kappa shape index (κ2) is 5.93. The van der Waals surface area contributed by atoms with Crippen molar-refractivity contribution < 1.29 is 13.6 Å². The molecule has 1 aliphatic heterocycles. The van der Waals surface area contributed by atoms with Crippen LogP contribution in [0.2, 0.25) is 0 Å². The van der Waals surface area contributed by atoms with E-state index in [4.69, 9.17) is 5.73 Å². The van der Waals surface area contributed by atoms with Crippen molar-refractivity contribution >= 4 is 5.91 Å². The van der Waals surface area contributed by atoms with Gasteiger partial charge in [-0.25, -0.2) is 13.8 Å². The summed E-state index contributed by atoms with van der Waals surface area (Å²) in [5.74, 6) is -0.803. The Morgan fingerprint density at radius 2 is 2.12 bits per heavy atom. The standard InChI is InChI=1S/C19H21F2N3O/c20-14-3-1-2-13-16-10-23-11-24(16)15(17(13)14)6-9-19(21)7-4-12(5-8-19)18(22)25/h1-3,10-12,15H,4-9H2,(H2,22,25). The Balaban J connectivity index is 1.52. The monoisotopic (exact) mass is 345 g/mol. The summed E-state index contributed by atoms with van der Waals surface area (Å²) < 4.78 is 31.5. The molecule has 1 saturated carbocycles. The van der Waals surface area contributed by atoms with Crippen LogP contribution in [0.15, 0.2) is 30.7 Å². The molecule has 1 atom stereocenters. The van der Waals surface area contributed by atoms with Gasteiger partial charge in [0.1, 0.15) is 11.5 Å². The van der Waals surface area contributed by atoms with Crippen molar-refractivity contribution in [2.45, 2.75) is 50.2 Å². The average molecular weight is 345 g/mol. The molecule has 1 aliphatic carbocycles. The first kappa shape index (κ1) is 16.2. The molecule has 1 aromatic heterocycles. The molecule has 2 N–H and O–H groups in total. The zero-order chi connectivity index (χ0) is 17.6. The van der Waals surface area contributed by atoms with Crippen LogP contribution in [0.3, 0.4) is 0 Å². The molecule has 2 heterocycles. The number of fused-ring (bicyclic) bond motifs is 3. The summed E-state index contributed by atoms with van der Waals surface area (Å²) in [6.45, 7) is 0. The maximum Gasteiger partial charge on any atom is 0.220 e. The maximum absolute atomic E-state index is 15.2. The Hall–Kier alpha value is -2.24. The number of nitrogens with two attached hydrogens (primary N) is 1. The first-order valence-electron chi connectivity index (χ1n) is 8.77. The van der Waals surface area contributed by atoms with E-state index in [0.29, 0.717) is 44.1 Å². The molecule has 1 fully saturated rings. The summed E-state index contributed by atoms with van der Waals surface area (Å²) in [5.41, 5.74) is 6.38. The molecular weight excluding hydrogens is 324 g/mol. The number of hydrogen-bond donors (Lipinski definition) is 1. The summed E-state index contributed by atoms with van der Waals surface area (Å²) in [4.78, 5) is 15.4. The first-order valence-corrected chi connectivity index (χ1v) is 8.77. The fraction of sp³-hybridized carbons (Fsp3) is 0.474. The van der Waals surface area contributed by atoms with Gasteiger partial charge in [-0.2, -0.15) is 0 Å². The fourth-order valence-corrected chi connectivity index (χ4v) is 4.35. The highest BCUT2D eigenvalue weighted by Gasteiger charge is 2.39. The largest absolute Gasteiger partial charge is 0.369 e. The van der Waals surface area contributed by atoms with Crippen LogP contribution in [0.25, 0.3) is 11.3 Å². The van der Waals surface area contributed by atoms with Crippen LogP contribution in [0, 0.1) is 11.7 Å². The molecule has 0 radical (unpaired) electrons. The number of primary amides is 1. The number of carbonyl (C=O) groups is 1. The Bertz CT molecular complexity index is 809. The number of amides is 1. The zero-order valence-electron chi connectivity index (χ0n) is 13.9. The summed E-state index contributed by atoms with van der Waals surface area (Å²) in [7, 11) is 0. The van der Waals surface area contributed by atoms with E-state index in [1.54, 1.807) is 18.6 Å². The smallest absolute Gasteiger partial charge is 0.220 e. The van der Waals surface area contributed by atoms with Crippen LogP contribution in [-0.4, -0.2) is 21.1 Å². The predicted molar refractivity (Wildman–Crippen MR) is 90.0 cm³/mol. The van der Waals surface area contributed by atoms with E-state index >= 15 is 4.39 Å². The lowest BCUT2D eigenvalue weighted by Gasteiger charge is -2.33. The number of imidazole rings is 1. The molecule has 4 rings (SSSR count). The van der Waals surface area contributed by atoms with Gasteiger partial charge in [0.25, 0.3) is 0 Å². The van der Waals surface area contributed by atoms with Crippen molar-refractivity contribution in [3.05, 3.63) is 42.1 Å². The van der Waals surface area contributed by atoms with Crippen molar-refractivity contribution in [3.63, 3.8) is 0 Å². The van der Waals surface area contributed by atoms with Gasteiger partial charge in [-0.3, -0.25) is 4.79 Å². The molecule has 2 aromatic rings. The number of alkyl halides is 1. The van der Waals surface area contributed by atoms with Crippen molar-refractivity contribution in [2.75, 3.05) is 0 Å². The number of benzene rings is 1. The zero-order valence-corrected chi connectivity index (χ0v) is 13.9. The van der Waals surface area contributed by atoms with Gasteiger partial charge >= 0.3 is 0 Å². The lowest BCUT2D eigenvalue weighted by Crippen LogP contribution is -2.35. The van der Waals surface area contributed by atoms with Gasteiger partial charge in [0.05, 0.1) is 24.3 Å². The highest BCUT2D eigenvalue weighted by molar-refractivity contribution is 5.76. The molecule has 0 bridgehead atoms. The number of rotatable bonds is 4. The Morgan fingerprint density at radius 3 is 2.84 bits per heavy atom. The minimum absolute atomic E-state index is 0.214. The van der Waals surface area contributed by atoms with Gasteiger partial charge in [0.15, 0.2) is 0 Å². The Labute approximate surface area is 145 Å². The van der Waals surface area contributed by atoms with E-state index in [1.807, 2.05) is 10.6 Å². The van der Waals surface area contributed by atoms with Crippen LogP contribution in [-0.2, 0) is 4.79 Å². The number of halogens is 2. The normalized spacial score (nSPS) is 27.8. The van der Waals surface area contributed by atoms with E-state index in [0.717, 1.165) is 11.3 Å². The third-order valence-corrected chi connectivity index (χ3v) is 5.81. The maximum atomic E-state index is 15.2. The van der Waals surface area contributed by atoms with Crippen LogP contribution >= 0.6 is 0 Å². The van der Waals surface area contributed by atoms with E-state index < -0.39 is 5.67 Å². The van der Waals surface area contributed by atoms with Gasteiger partial charge < -0.3 is 10.3 Å². The van der Waals surface area contributed by atoms with Crippen LogP contribution in [0.5, 0.6) is 0 Å². The van der Waals surface area contributed by atoms with E-state index in [-0.39, 0.29) is 23.7 Å². The van der Waals surface area contributed by atoms with Crippen LogP contribution in [0.1, 0.15) is 50.1 Å². The number of carbonyl (C=O) groups excluding carboxylic acids is 1. The quantitative estimate of drug-likeness (QED) is 0.917. The van der Waals surface area contributed by atoms with Gasteiger partial charge in [0, 0.05) is 17.0 Å². The van der Waals surface area contributed by atoms with E-state index in [9.17, 15) is 9.18 Å². The fourth-order valence-electron chi connectivity index (χ4n) is 4.35. The Kier molecular flexibility index (Phi) is 3.85. The predicted octanol–water partition coefficient (Wildman–Crippen LogP) is 3.76. The molecule has 25 heavy (non-hydrogen) atoms. The molecule has 2 aliphatic rings. The van der Waals surface area contributed by atoms with Crippen molar-refractivity contribution in [3.8, 4) is 11.3 Å². The molecule has 1 aromatic carbocycles. The number of aromatic nitrogens is 2. The number of hydrogen-bond acceptors (Lipinski definition) is 2. The molecular formula is C19H21F2N3O. The average Bonchev–Trinajstić information content (AvgIpc) is 3.16. The lowest BCUT2D eigenvalue weighted by atomic mass is 9.77. The SMILES string of the molecule is NC(=O)C1CCC(F)(CCC2c3c(F)cccc3-c3cncn32)CC1. The number of nitrogens with zero attached hydrogens (tertiary/aromatic N) is 2. The second-order valence-corrected chi connectivity index (χ2v) is 7.27. The van der Waals surface area contributed by atoms with E-state index in [1.165, 1.54) is 6.07 Å². The lowest BCUT2D eigenvalue weighted by molar-refractivity contribution is -0.123. The Morgan fingerprint density at radius 1 is 1.36 bits per heavy atom. The topological polar surface area (TPSA) is 60.9 Å². The summed E-state index contributed by atoms with van der Waals surface area (Å²) >= 11 is 0. The van der Waals surface area contributed by atoms with Crippen LogP contribution in [0.4, 0.5) is 8.78 Å². The molecule has 0 saturated heterocycles. The highest BCUT2D eigenvalue weighted by atomic mass is 19.1. The van der Waals surface area contributed by atoms with Crippen LogP contribution < -0.4 is 5.73 Å². The van der Waals surface area contributed by atoms with Gasteiger partial charge in [-0.1, -0.05) is 12.1 Å². The first-order chi connectivity index (χ1) is 12.0. The molecule has 4 nitrogen and oxygen atoms in total. The van der Waals surface area contributed by atoms with Crippen molar-refractivity contribution in [2.24, 2.45) is 11.7 Å². The van der Waals surface area contributed by atoms with Crippen molar-refractivity contribution in [1.82, 2.24) is 9.55 Å². The summed E-state index contributed by atoms with van der Waals surface area (Å²) in [5, 5.41) is 0. The highest BCUT2D eigenvalue weighted by Crippen LogP contribution is 2.45. The molecule has 6 heteroatoms. The third kappa shape index (κ3) is 2.73. The second-order valence-electron chi connectivity index (χ2n) is 7.27. The van der Waals surface area contributed by atoms with Gasteiger partial charge in [0.2, 0.25) is 5.91 Å². The molecule has 132 valence electrons. The third-order valence-electron chi connectivity index (χ3n) is 5.81. The van der Waals surface area contributed by atoms with Gasteiger partial charge in [-0.15, -0.1) is 0 Å². The minimum atomic E-state index is -1.30. The van der Waals surface area contributed by atoms with E-state index in [2.05, 4.69) is 4.98 Å². The molecule has 1 amide bonds. The summed E-state index contributed by atoms with van der Waals surface area (Å²) in [6.07, 6.45) is 5.94.